The number of anilines is 1. The van der Waals surface area contributed by atoms with E-state index in [4.69, 9.17) is 4.74 Å². The van der Waals surface area contributed by atoms with Crippen LogP contribution in [0.1, 0.15) is 28.4 Å². The number of para-hydroxylation sites is 1. The number of halogens is 3. The maximum Gasteiger partial charge on any atom is 0.259 e. The van der Waals surface area contributed by atoms with E-state index in [0.717, 1.165) is 5.56 Å². The van der Waals surface area contributed by atoms with E-state index in [-0.39, 0.29) is 36.0 Å². The predicted molar refractivity (Wildman–Crippen MR) is 94.6 cm³/mol. The van der Waals surface area contributed by atoms with E-state index in [1.807, 2.05) is 0 Å². The number of nitrogens with one attached hydrogen (secondary N) is 2. The fourth-order valence-corrected chi connectivity index (χ4v) is 2.80. The van der Waals surface area contributed by atoms with Crippen molar-refractivity contribution < 1.29 is 18.3 Å². The van der Waals surface area contributed by atoms with Crippen molar-refractivity contribution in [2.45, 2.75) is 19.9 Å². The highest BCUT2D eigenvalue weighted by molar-refractivity contribution is 6.06. The Balaban J connectivity index is 0.00000225. The molecule has 0 aliphatic carbocycles. The van der Waals surface area contributed by atoms with Gasteiger partial charge in [0.25, 0.3) is 5.91 Å². The van der Waals surface area contributed by atoms with Gasteiger partial charge in [-0.15, -0.1) is 12.4 Å². The van der Waals surface area contributed by atoms with Gasteiger partial charge in [0.2, 0.25) is 0 Å². The standard InChI is InChI=1S/C18H18F2N2O2.ClH/c1-2-24-17-13(4-3-5-14(17)19)18(23)22-15-7-6-11-10-21-9-8-12(11)16(15)20;/h3-7,21H,2,8-10H2,1H3,(H,22,23);1H. The summed E-state index contributed by atoms with van der Waals surface area (Å²) in [5, 5.41) is 5.69. The van der Waals surface area contributed by atoms with Gasteiger partial charge in [0.15, 0.2) is 11.6 Å². The lowest BCUT2D eigenvalue weighted by molar-refractivity contribution is 0.102. The molecule has 2 N–H and O–H groups in total. The number of hydrogen-bond acceptors (Lipinski definition) is 3. The van der Waals surface area contributed by atoms with E-state index in [0.29, 0.717) is 25.1 Å². The molecule has 1 aliphatic heterocycles. The zero-order valence-corrected chi connectivity index (χ0v) is 14.5. The number of hydrogen-bond donors (Lipinski definition) is 2. The topological polar surface area (TPSA) is 50.4 Å². The Bertz CT molecular complexity index is 784. The van der Waals surface area contributed by atoms with E-state index in [9.17, 15) is 13.6 Å². The van der Waals surface area contributed by atoms with Crippen LogP contribution in [0.3, 0.4) is 0 Å². The fourth-order valence-electron chi connectivity index (χ4n) is 2.80. The molecule has 2 aromatic carbocycles. The van der Waals surface area contributed by atoms with Crippen LogP contribution >= 0.6 is 12.4 Å². The minimum absolute atomic E-state index is 0. The lowest BCUT2D eigenvalue weighted by Crippen LogP contribution is -2.25. The van der Waals surface area contributed by atoms with Gasteiger partial charge in [0.1, 0.15) is 5.82 Å². The van der Waals surface area contributed by atoms with Crippen LogP contribution in [0.2, 0.25) is 0 Å². The molecule has 0 aromatic heterocycles. The SMILES string of the molecule is CCOc1c(F)cccc1C(=O)Nc1ccc2c(c1F)CCNC2.Cl. The molecule has 7 heteroatoms. The van der Waals surface area contributed by atoms with Crippen LogP contribution < -0.4 is 15.4 Å². The first-order chi connectivity index (χ1) is 11.6. The molecule has 0 unspecified atom stereocenters. The second-order valence-corrected chi connectivity index (χ2v) is 5.50. The van der Waals surface area contributed by atoms with Gasteiger partial charge in [-0.25, -0.2) is 8.78 Å². The summed E-state index contributed by atoms with van der Waals surface area (Å²) in [5.74, 6) is -1.79. The minimum Gasteiger partial charge on any atom is -0.490 e. The Labute approximate surface area is 151 Å². The molecule has 25 heavy (non-hydrogen) atoms. The molecule has 134 valence electrons. The highest BCUT2D eigenvalue weighted by Gasteiger charge is 2.20. The number of benzene rings is 2. The van der Waals surface area contributed by atoms with E-state index >= 15 is 0 Å². The van der Waals surface area contributed by atoms with Crippen LogP contribution in [0, 0.1) is 11.6 Å². The van der Waals surface area contributed by atoms with Crippen molar-refractivity contribution in [2.24, 2.45) is 0 Å². The van der Waals surface area contributed by atoms with Crippen molar-refractivity contribution in [3.63, 3.8) is 0 Å². The first-order valence-electron chi connectivity index (χ1n) is 7.85. The number of carbonyl (C=O) groups is 1. The van der Waals surface area contributed by atoms with Crippen molar-refractivity contribution in [3.8, 4) is 5.75 Å². The summed E-state index contributed by atoms with van der Waals surface area (Å²) in [4.78, 5) is 12.4. The molecule has 0 radical (unpaired) electrons. The van der Waals surface area contributed by atoms with Crippen LogP contribution in [0.25, 0.3) is 0 Å². The molecule has 0 saturated heterocycles. The molecule has 0 atom stereocenters. The lowest BCUT2D eigenvalue weighted by atomic mass is 9.99. The predicted octanol–water partition coefficient (Wildman–Crippen LogP) is 3.68. The minimum atomic E-state index is -0.624. The van der Waals surface area contributed by atoms with Crippen LogP contribution in [-0.4, -0.2) is 19.1 Å². The monoisotopic (exact) mass is 368 g/mol. The van der Waals surface area contributed by atoms with Crippen LogP contribution in [0.5, 0.6) is 5.75 Å². The highest BCUT2D eigenvalue weighted by Crippen LogP contribution is 2.27. The van der Waals surface area contributed by atoms with Crippen LogP contribution in [0.15, 0.2) is 30.3 Å². The van der Waals surface area contributed by atoms with Gasteiger partial charge in [-0.2, -0.15) is 0 Å². The van der Waals surface area contributed by atoms with Crippen molar-refractivity contribution in [1.82, 2.24) is 5.32 Å². The summed E-state index contributed by atoms with van der Waals surface area (Å²) in [5.41, 5.74) is 1.62. The zero-order chi connectivity index (χ0) is 17.1. The van der Waals surface area contributed by atoms with Crippen molar-refractivity contribution in [1.29, 1.82) is 0 Å². The third kappa shape index (κ3) is 3.91. The van der Waals surface area contributed by atoms with Crippen LogP contribution in [-0.2, 0) is 13.0 Å². The smallest absolute Gasteiger partial charge is 0.259 e. The van der Waals surface area contributed by atoms with Crippen molar-refractivity contribution >= 4 is 24.0 Å². The molecule has 1 amide bonds. The summed E-state index contributed by atoms with van der Waals surface area (Å²) in [6.07, 6.45) is 0.565. The molecule has 2 aromatic rings. The van der Waals surface area contributed by atoms with Gasteiger partial charge < -0.3 is 15.4 Å². The number of carbonyl (C=O) groups excluding carboxylic acids is 1. The molecule has 0 spiro atoms. The lowest BCUT2D eigenvalue weighted by Gasteiger charge is -2.19. The van der Waals surface area contributed by atoms with Gasteiger partial charge in [-0.1, -0.05) is 12.1 Å². The van der Waals surface area contributed by atoms with E-state index in [1.54, 1.807) is 13.0 Å². The number of amides is 1. The average Bonchev–Trinajstić information content (AvgIpc) is 2.59. The summed E-state index contributed by atoms with van der Waals surface area (Å²) in [6, 6.07) is 7.40. The van der Waals surface area contributed by atoms with Gasteiger partial charge in [-0.05, 0) is 49.2 Å². The third-order valence-electron chi connectivity index (χ3n) is 3.96. The molecule has 1 aliphatic rings. The number of rotatable bonds is 4. The summed E-state index contributed by atoms with van der Waals surface area (Å²) in [7, 11) is 0. The Morgan fingerprint density at radius 2 is 2.08 bits per heavy atom. The molecule has 4 nitrogen and oxygen atoms in total. The largest absolute Gasteiger partial charge is 0.490 e. The molecule has 1 heterocycles. The summed E-state index contributed by atoms with van der Waals surface area (Å²) >= 11 is 0. The summed E-state index contributed by atoms with van der Waals surface area (Å²) < 4.78 is 33.7. The first-order valence-corrected chi connectivity index (χ1v) is 7.85. The Hall–Kier alpha value is -2.18. The number of ether oxygens (including phenoxy) is 1. The van der Waals surface area contributed by atoms with Gasteiger partial charge in [0.05, 0.1) is 17.9 Å². The Morgan fingerprint density at radius 3 is 2.84 bits per heavy atom. The maximum absolute atomic E-state index is 14.6. The average molecular weight is 369 g/mol. The van der Waals surface area contributed by atoms with Gasteiger partial charge in [-0.3, -0.25) is 4.79 Å². The highest BCUT2D eigenvalue weighted by atomic mass is 35.5. The molecular formula is C18H19ClF2N2O2. The first kappa shape index (κ1) is 19.1. The second-order valence-electron chi connectivity index (χ2n) is 5.50. The Morgan fingerprint density at radius 1 is 1.28 bits per heavy atom. The van der Waals surface area contributed by atoms with Crippen molar-refractivity contribution in [2.75, 3.05) is 18.5 Å². The quantitative estimate of drug-likeness (QED) is 0.865. The molecule has 3 rings (SSSR count). The molecule has 0 fully saturated rings. The maximum atomic E-state index is 14.6. The van der Waals surface area contributed by atoms with Gasteiger partial charge in [0, 0.05) is 6.54 Å². The fraction of sp³-hybridized carbons (Fsp3) is 0.278. The normalized spacial score (nSPS) is 12.8. The van der Waals surface area contributed by atoms with E-state index in [1.165, 1.54) is 24.3 Å². The van der Waals surface area contributed by atoms with Crippen molar-refractivity contribution in [3.05, 3.63) is 58.7 Å². The third-order valence-corrected chi connectivity index (χ3v) is 3.96. The second kappa shape index (κ2) is 8.27. The molecule has 0 bridgehead atoms. The van der Waals surface area contributed by atoms with E-state index < -0.39 is 17.5 Å². The van der Waals surface area contributed by atoms with E-state index in [2.05, 4.69) is 10.6 Å². The zero-order valence-electron chi connectivity index (χ0n) is 13.7. The Kier molecular flexibility index (Phi) is 6.33. The van der Waals surface area contributed by atoms with Gasteiger partial charge >= 0.3 is 0 Å². The van der Waals surface area contributed by atoms with Crippen LogP contribution in [0.4, 0.5) is 14.5 Å². The molecular weight excluding hydrogens is 350 g/mol. The number of fused-ring (bicyclic) bond motifs is 1. The summed E-state index contributed by atoms with van der Waals surface area (Å²) in [6.45, 7) is 3.23. The molecule has 0 saturated carbocycles.